The van der Waals surface area contributed by atoms with Crippen LogP contribution in [-0.2, 0) is 0 Å². The quantitative estimate of drug-likeness (QED) is 0.607. The van der Waals surface area contributed by atoms with E-state index in [1.165, 1.54) is 5.57 Å². The predicted molar refractivity (Wildman–Crippen MR) is 44.9 cm³/mol. The maximum absolute atomic E-state index is 3.13. The van der Waals surface area contributed by atoms with Gasteiger partial charge >= 0.3 is 0 Å². The van der Waals surface area contributed by atoms with Crippen molar-refractivity contribution in [3.05, 3.63) is 36.0 Å². The summed E-state index contributed by atoms with van der Waals surface area (Å²) in [5.41, 5.74) is 1.44. The van der Waals surface area contributed by atoms with E-state index in [2.05, 4.69) is 35.7 Å². The molecule has 1 aliphatic rings. The summed E-state index contributed by atoms with van der Waals surface area (Å²) in [5, 5.41) is 3.13. The number of allylic oxidation sites excluding steroid dienone is 5. The summed E-state index contributed by atoms with van der Waals surface area (Å²) in [6.45, 7) is 0.995. The fraction of sp³-hybridized carbons (Fsp3) is 0.333. The van der Waals surface area contributed by atoms with Crippen LogP contribution < -0.4 is 5.32 Å². The van der Waals surface area contributed by atoms with Gasteiger partial charge in [0.25, 0.3) is 0 Å². The molecule has 0 aliphatic heterocycles. The molecule has 54 valence electrons. The number of rotatable bonds is 2. The SMILES string of the molecule is CNCC1=CC=CC=CC1. The average Bonchev–Trinajstić information content (AvgIpc) is 2.17. The third-order valence-electron chi connectivity index (χ3n) is 1.47. The van der Waals surface area contributed by atoms with Gasteiger partial charge in [0, 0.05) is 6.54 Å². The van der Waals surface area contributed by atoms with E-state index >= 15 is 0 Å². The minimum absolute atomic E-state index is 0.995. The number of likely N-dealkylation sites (N-methyl/N-ethyl adjacent to an activating group) is 1. The van der Waals surface area contributed by atoms with Crippen molar-refractivity contribution in [3.63, 3.8) is 0 Å². The summed E-state index contributed by atoms with van der Waals surface area (Å²) in [6, 6.07) is 0. The monoisotopic (exact) mass is 135 g/mol. The lowest BCUT2D eigenvalue weighted by Crippen LogP contribution is -2.09. The molecule has 1 heteroatoms. The van der Waals surface area contributed by atoms with E-state index < -0.39 is 0 Å². The summed E-state index contributed by atoms with van der Waals surface area (Å²) in [6.07, 6.45) is 11.6. The van der Waals surface area contributed by atoms with Crippen molar-refractivity contribution in [1.29, 1.82) is 0 Å². The second-order valence-corrected chi connectivity index (χ2v) is 2.37. The molecule has 0 radical (unpaired) electrons. The fourth-order valence-electron chi connectivity index (χ4n) is 0.980. The molecular formula is C9H13N. The molecule has 0 aromatic heterocycles. The highest BCUT2D eigenvalue weighted by Crippen LogP contribution is 2.04. The molecule has 0 spiro atoms. The molecule has 0 bridgehead atoms. The summed E-state index contributed by atoms with van der Waals surface area (Å²) in [7, 11) is 1.97. The van der Waals surface area contributed by atoms with Gasteiger partial charge in [-0.25, -0.2) is 0 Å². The van der Waals surface area contributed by atoms with Crippen LogP contribution in [0.25, 0.3) is 0 Å². The van der Waals surface area contributed by atoms with Crippen LogP contribution in [0.3, 0.4) is 0 Å². The van der Waals surface area contributed by atoms with Crippen LogP contribution in [0, 0.1) is 0 Å². The molecule has 0 amide bonds. The van der Waals surface area contributed by atoms with Crippen molar-refractivity contribution in [2.24, 2.45) is 0 Å². The average molecular weight is 135 g/mol. The van der Waals surface area contributed by atoms with Crippen molar-refractivity contribution >= 4 is 0 Å². The van der Waals surface area contributed by atoms with Gasteiger partial charge in [0.1, 0.15) is 0 Å². The van der Waals surface area contributed by atoms with Gasteiger partial charge in [0.05, 0.1) is 0 Å². The highest BCUT2D eigenvalue weighted by atomic mass is 14.8. The molecular weight excluding hydrogens is 122 g/mol. The molecule has 0 fully saturated rings. The summed E-state index contributed by atoms with van der Waals surface area (Å²) >= 11 is 0. The summed E-state index contributed by atoms with van der Waals surface area (Å²) < 4.78 is 0. The smallest absolute Gasteiger partial charge is 0.0167 e. The standard InChI is InChI=1S/C9H13N/c1-10-8-9-6-4-2-3-5-7-9/h2-6,10H,7-8H2,1H3. The highest BCUT2D eigenvalue weighted by molar-refractivity contribution is 5.23. The van der Waals surface area contributed by atoms with Gasteiger partial charge in [0.15, 0.2) is 0 Å². The zero-order valence-electron chi connectivity index (χ0n) is 6.30. The zero-order valence-corrected chi connectivity index (χ0v) is 6.30. The van der Waals surface area contributed by atoms with Crippen LogP contribution in [0.2, 0.25) is 0 Å². The van der Waals surface area contributed by atoms with E-state index in [0.717, 1.165) is 13.0 Å². The molecule has 0 saturated heterocycles. The molecule has 0 saturated carbocycles. The van der Waals surface area contributed by atoms with Crippen molar-refractivity contribution < 1.29 is 0 Å². The molecule has 0 heterocycles. The Morgan fingerprint density at radius 2 is 2.30 bits per heavy atom. The maximum atomic E-state index is 3.13. The van der Waals surface area contributed by atoms with Gasteiger partial charge in [-0.3, -0.25) is 0 Å². The summed E-state index contributed by atoms with van der Waals surface area (Å²) in [4.78, 5) is 0. The Labute approximate surface area is 62.1 Å². The summed E-state index contributed by atoms with van der Waals surface area (Å²) in [5.74, 6) is 0. The van der Waals surface area contributed by atoms with E-state index in [-0.39, 0.29) is 0 Å². The van der Waals surface area contributed by atoms with Crippen LogP contribution in [0.5, 0.6) is 0 Å². The van der Waals surface area contributed by atoms with Crippen LogP contribution in [-0.4, -0.2) is 13.6 Å². The van der Waals surface area contributed by atoms with Gasteiger partial charge in [-0.2, -0.15) is 0 Å². The molecule has 0 aromatic carbocycles. The molecule has 1 N–H and O–H groups in total. The molecule has 1 rings (SSSR count). The van der Waals surface area contributed by atoms with E-state index in [9.17, 15) is 0 Å². The predicted octanol–water partition coefficient (Wildman–Crippen LogP) is 1.65. The lowest BCUT2D eigenvalue weighted by atomic mass is 10.2. The topological polar surface area (TPSA) is 12.0 Å². The second kappa shape index (κ2) is 4.07. The van der Waals surface area contributed by atoms with Crippen LogP contribution >= 0.6 is 0 Å². The Hall–Kier alpha value is -0.820. The normalized spacial score (nSPS) is 16.7. The Morgan fingerprint density at radius 3 is 3.10 bits per heavy atom. The van der Waals surface area contributed by atoms with Gasteiger partial charge in [-0.15, -0.1) is 0 Å². The fourth-order valence-corrected chi connectivity index (χ4v) is 0.980. The Kier molecular flexibility index (Phi) is 2.97. The number of hydrogen-bond donors (Lipinski definition) is 1. The van der Waals surface area contributed by atoms with E-state index in [0.29, 0.717) is 0 Å². The second-order valence-electron chi connectivity index (χ2n) is 2.37. The molecule has 0 unspecified atom stereocenters. The van der Waals surface area contributed by atoms with Crippen molar-refractivity contribution in [1.82, 2.24) is 5.32 Å². The van der Waals surface area contributed by atoms with E-state index in [1.807, 2.05) is 7.05 Å². The van der Waals surface area contributed by atoms with Crippen LogP contribution in [0.1, 0.15) is 6.42 Å². The third kappa shape index (κ3) is 2.19. The molecule has 1 aliphatic carbocycles. The first-order valence-corrected chi connectivity index (χ1v) is 3.59. The van der Waals surface area contributed by atoms with Gasteiger partial charge in [-0.05, 0) is 13.5 Å². The number of hydrogen-bond acceptors (Lipinski definition) is 1. The largest absolute Gasteiger partial charge is 0.316 e. The number of nitrogens with one attached hydrogen (secondary N) is 1. The lowest BCUT2D eigenvalue weighted by Gasteiger charge is -1.99. The lowest BCUT2D eigenvalue weighted by molar-refractivity contribution is 0.862. The van der Waals surface area contributed by atoms with E-state index in [1.54, 1.807) is 0 Å². The Balaban J connectivity index is 2.50. The van der Waals surface area contributed by atoms with Crippen molar-refractivity contribution in [3.8, 4) is 0 Å². The van der Waals surface area contributed by atoms with Crippen LogP contribution in [0.15, 0.2) is 36.0 Å². The Bertz CT molecular complexity index is 175. The minimum Gasteiger partial charge on any atom is -0.316 e. The van der Waals surface area contributed by atoms with Gasteiger partial charge < -0.3 is 5.32 Å². The van der Waals surface area contributed by atoms with Crippen molar-refractivity contribution in [2.45, 2.75) is 6.42 Å². The zero-order chi connectivity index (χ0) is 7.23. The molecule has 0 aromatic rings. The third-order valence-corrected chi connectivity index (χ3v) is 1.47. The molecule has 10 heavy (non-hydrogen) atoms. The van der Waals surface area contributed by atoms with Gasteiger partial charge in [0.2, 0.25) is 0 Å². The molecule has 1 nitrogen and oxygen atoms in total. The minimum atomic E-state index is 0.995. The Morgan fingerprint density at radius 1 is 1.40 bits per heavy atom. The van der Waals surface area contributed by atoms with Crippen molar-refractivity contribution in [2.75, 3.05) is 13.6 Å². The first-order chi connectivity index (χ1) is 4.93. The van der Waals surface area contributed by atoms with Gasteiger partial charge in [-0.1, -0.05) is 36.0 Å². The van der Waals surface area contributed by atoms with Crippen LogP contribution in [0.4, 0.5) is 0 Å². The van der Waals surface area contributed by atoms with E-state index in [4.69, 9.17) is 0 Å². The maximum Gasteiger partial charge on any atom is 0.0167 e. The first kappa shape index (κ1) is 7.29. The first-order valence-electron chi connectivity index (χ1n) is 3.59. The highest BCUT2D eigenvalue weighted by Gasteiger charge is 1.91. The molecule has 0 atom stereocenters.